The number of piperidine rings is 1. The van der Waals surface area contributed by atoms with Gasteiger partial charge in [0, 0.05) is 12.1 Å². The molecule has 1 heterocycles. The van der Waals surface area contributed by atoms with Crippen molar-refractivity contribution >= 4 is 0 Å². The maximum Gasteiger partial charge on any atom is 0.123 e. The average Bonchev–Trinajstić information content (AvgIpc) is 2.20. The largest absolute Gasteiger partial charge is 0.326 e. The molecule has 2 nitrogen and oxygen atoms in total. The van der Waals surface area contributed by atoms with Gasteiger partial charge in [0.05, 0.1) is 0 Å². The fraction of sp³-hybridized carbons (Fsp3) is 0.455. The van der Waals surface area contributed by atoms with E-state index in [-0.39, 0.29) is 17.9 Å². The molecule has 1 aliphatic rings. The van der Waals surface area contributed by atoms with Crippen LogP contribution in [0.1, 0.15) is 24.4 Å². The molecule has 3 N–H and O–H groups in total. The Bertz CT molecular complexity index is 297. The van der Waals surface area contributed by atoms with E-state index in [2.05, 4.69) is 5.32 Å². The molecule has 0 amide bonds. The zero-order valence-electron chi connectivity index (χ0n) is 8.04. The molecular weight excluding hydrogens is 179 g/mol. The standard InChI is InChI=1S/C11H15FN2/c12-9-5-3-8(4-6-9)11-10(13)2-1-7-14-11/h3-6,10-11,14H,1-2,7,13H2. The summed E-state index contributed by atoms with van der Waals surface area (Å²) in [5.74, 6) is -0.196. The molecule has 0 aliphatic carbocycles. The van der Waals surface area contributed by atoms with E-state index in [0.29, 0.717) is 0 Å². The van der Waals surface area contributed by atoms with E-state index in [1.165, 1.54) is 12.1 Å². The molecule has 2 unspecified atom stereocenters. The summed E-state index contributed by atoms with van der Waals surface area (Å²) in [6.07, 6.45) is 2.16. The summed E-state index contributed by atoms with van der Waals surface area (Å²) in [7, 11) is 0. The first kappa shape index (κ1) is 9.62. The fourth-order valence-corrected chi connectivity index (χ4v) is 1.95. The van der Waals surface area contributed by atoms with Gasteiger partial charge in [-0.05, 0) is 37.1 Å². The minimum Gasteiger partial charge on any atom is -0.326 e. The minimum absolute atomic E-state index is 0.147. The molecule has 14 heavy (non-hydrogen) atoms. The highest BCUT2D eigenvalue weighted by molar-refractivity contribution is 5.21. The van der Waals surface area contributed by atoms with Crippen molar-refractivity contribution in [3.05, 3.63) is 35.6 Å². The maximum absolute atomic E-state index is 12.7. The van der Waals surface area contributed by atoms with Gasteiger partial charge in [-0.25, -0.2) is 4.39 Å². The van der Waals surface area contributed by atoms with Crippen LogP contribution >= 0.6 is 0 Å². The molecule has 1 aliphatic heterocycles. The molecule has 1 aromatic carbocycles. The molecule has 0 spiro atoms. The van der Waals surface area contributed by atoms with Gasteiger partial charge in [0.15, 0.2) is 0 Å². The molecular formula is C11H15FN2. The summed E-state index contributed by atoms with van der Waals surface area (Å²) < 4.78 is 12.7. The Morgan fingerprint density at radius 1 is 1.29 bits per heavy atom. The molecule has 1 saturated heterocycles. The predicted molar refractivity (Wildman–Crippen MR) is 54.4 cm³/mol. The Kier molecular flexibility index (Phi) is 2.79. The number of halogens is 1. The van der Waals surface area contributed by atoms with Gasteiger partial charge in [-0.3, -0.25) is 0 Å². The van der Waals surface area contributed by atoms with Gasteiger partial charge in [-0.15, -0.1) is 0 Å². The van der Waals surface area contributed by atoms with Crippen molar-refractivity contribution in [3.8, 4) is 0 Å². The Morgan fingerprint density at radius 2 is 2.00 bits per heavy atom. The van der Waals surface area contributed by atoms with E-state index < -0.39 is 0 Å². The van der Waals surface area contributed by atoms with Crippen molar-refractivity contribution in [2.75, 3.05) is 6.54 Å². The lowest BCUT2D eigenvalue weighted by molar-refractivity contribution is 0.358. The third kappa shape index (κ3) is 1.94. The minimum atomic E-state index is -0.196. The zero-order valence-corrected chi connectivity index (χ0v) is 8.04. The Hall–Kier alpha value is -0.930. The third-order valence-electron chi connectivity index (χ3n) is 2.74. The molecule has 76 valence electrons. The van der Waals surface area contributed by atoms with Crippen LogP contribution in [0, 0.1) is 5.82 Å². The van der Waals surface area contributed by atoms with Crippen LogP contribution in [-0.2, 0) is 0 Å². The summed E-state index contributed by atoms with van der Waals surface area (Å²) in [5, 5.41) is 3.36. The van der Waals surface area contributed by atoms with Gasteiger partial charge in [0.25, 0.3) is 0 Å². The van der Waals surface area contributed by atoms with Gasteiger partial charge in [-0.1, -0.05) is 12.1 Å². The van der Waals surface area contributed by atoms with Crippen LogP contribution in [0.5, 0.6) is 0 Å². The van der Waals surface area contributed by atoms with Crippen LogP contribution in [0.15, 0.2) is 24.3 Å². The molecule has 0 saturated carbocycles. The van der Waals surface area contributed by atoms with Gasteiger partial charge in [0.1, 0.15) is 5.82 Å². The highest BCUT2D eigenvalue weighted by Crippen LogP contribution is 2.22. The second-order valence-corrected chi connectivity index (χ2v) is 3.79. The molecule has 1 aromatic rings. The summed E-state index contributed by atoms with van der Waals surface area (Å²) in [6.45, 7) is 0.996. The van der Waals surface area contributed by atoms with Crippen molar-refractivity contribution in [2.45, 2.75) is 24.9 Å². The van der Waals surface area contributed by atoms with Crippen LogP contribution in [-0.4, -0.2) is 12.6 Å². The lowest BCUT2D eigenvalue weighted by Gasteiger charge is -2.30. The summed E-state index contributed by atoms with van der Waals surface area (Å²) in [4.78, 5) is 0. The number of rotatable bonds is 1. The molecule has 1 fully saturated rings. The van der Waals surface area contributed by atoms with Crippen molar-refractivity contribution < 1.29 is 4.39 Å². The smallest absolute Gasteiger partial charge is 0.123 e. The fourth-order valence-electron chi connectivity index (χ4n) is 1.95. The second kappa shape index (κ2) is 4.07. The van der Waals surface area contributed by atoms with Crippen LogP contribution in [0.4, 0.5) is 4.39 Å². The van der Waals surface area contributed by atoms with Crippen LogP contribution in [0.2, 0.25) is 0 Å². The van der Waals surface area contributed by atoms with Crippen LogP contribution < -0.4 is 11.1 Å². The van der Waals surface area contributed by atoms with Crippen molar-refractivity contribution in [3.63, 3.8) is 0 Å². The number of hydrogen-bond acceptors (Lipinski definition) is 2. The van der Waals surface area contributed by atoms with E-state index in [0.717, 1.165) is 24.9 Å². The van der Waals surface area contributed by atoms with E-state index in [1.54, 1.807) is 12.1 Å². The monoisotopic (exact) mass is 194 g/mol. The van der Waals surface area contributed by atoms with E-state index in [9.17, 15) is 4.39 Å². The molecule has 0 radical (unpaired) electrons. The lowest BCUT2D eigenvalue weighted by Crippen LogP contribution is -2.42. The molecule has 0 bridgehead atoms. The Balaban J connectivity index is 2.16. The number of nitrogens with one attached hydrogen (secondary N) is 1. The lowest BCUT2D eigenvalue weighted by atomic mass is 9.93. The summed E-state index contributed by atoms with van der Waals surface area (Å²) in [6, 6.07) is 6.91. The van der Waals surface area contributed by atoms with E-state index in [1.807, 2.05) is 0 Å². The number of nitrogens with two attached hydrogens (primary N) is 1. The maximum atomic E-state index is 12.7. The normalized spacial score (nSPS) is 27.6. The van der Waals surface area contributed by atoms with Gasteiger partial charge in [0.2, 0.25) is 0 Å². The molecule has 2 atom stereocenters. The number of hydrogen-bond donors (Lipinski definition) is 2. The highest BCUT2D eigenvalue weighted by atomic mass is 19.1. The number of benzene rings is 1. The van der Waals surface area contributed by atoms with Crippen LogP contribution in [0.25, 0.3) is 0 Å². The van der Waals surface area contributed by atoms with Crippen LogP contribution in [0.3, 0.4) is 0 Å². The van der Waals surface area contributed by atoms with E-state index >= 15 is 0 Å². The van der Waals surface area contributed by atoms with E-state index in [4.69, 9.17) is 5.73 Å². The molecule has 2 rings (SSSR count). The zero-order chi connectivity index (χ0) is 9.97. The first-order valence-electron chi connectivity index (χ1n) is 5.02. The highest BCUT2D eigenvalue weighted by Gasteiger charge is 2.22. The summed E-state index contributed by atoms with van der Waals surface area (Å²) in [5.41, 5.74) is 7.07. The quantitative estimate of drug-likeness (QED) is 0.712. The van der Waals surface area contributed by atoms with Gasteiger partial charge < -0.3 is 11.1 Å². The Morgan fingerprint density at radius 3 is 2.64 bits per heavy atom. The SMILES string of the molecule is NC1CCCNC1c1ccc(F)cc1. The van der Waals surface area contributed by atoms with Gasteiger partial charge in [-0.2, -0.15) is 0 Å². The first-order valence-corrected chi connectivity index (χ1v) is 5.02. The summed E-state index contributed by atoms with van der Waals surface area (Å²) >= 11 is 0. The second-order valence-electron chi connectivity index (χ2n) is 3.79. The molecule has 0 aromatic heterocycles. The topological polar surface area (TPSA) is 38.0 Å². The van der Waals surface area contributed by atoms with Crippen molar-refractivity contribution in [1.29, 1.82) is 0 Å². The van der Waals surface area contributed by atoms with Crippen molar-refractivity contribution in [2.24, 2.45) is 5.73 Å². The molecule has 3 heteroatoms. The average molecular weight is 194 g/mol. The Labute approximate surface area is 83.3 Å². The van der Waals surface area contributed by atoms with Gasteiger partial charge >= 0.3 is 0 Å². The predicted octanol–water partition coefficient (Wildman–Crippen LogP) is 1.58. The first-order chi connectivity index (χ1) is 6.77. The van der Waals surface area contributed by atoms with Crippen molar-refractivity contribution in [1.82, 2.24) is 5.32 Å². The third-order valence-corrected chi connectivity index (χ3v) is 2.74.